The van der Waals surface area contributed by atoms with Gasteiger partial charge in [-0.15, -0.1) is 0 Å². The van der Waals surface area contributed by atoms with Gasteiger partial charge in [-0.2, -0.15) is 0 Å². The number of rotatable bonds is 2. The molecule has 0 spiro atoms. The van der Waals surface area contributed by atoms with E-state index < -0.39 is 11.2 Å². The summed E-state index contributed by atoms with van der Waals surface area (Å²) in [5.41, 5.74) is -0.575. The first kappa shape index (κ1) is 13.8. The summed E-state index contributed by atoms with van der Waals surface area (Å²) in [5.74, 6) is -0.325. The predicted molar refractivity (Wildman–Crippen MR) is 84.5 cm³/mol. The first-order chi connectivity index (χ1) is 10.6. The number of nitrogens with one attached hydrogen (secondary N) is 2. The number of anilines is 2. The molecule has 0 saturated heterocycles. The molecule has 0 aliphatic carbocycles. The van der Waals surface area contributed by atoms with Gasteiger partial charge >= 0.3 is 5.69 Å². The van der Waals surface area contributed by atoms with Gasteiger partial charge in [0.05, 0.1) is 5.69 Å². The highest BCUT2D eigenvalue weighted by Crippen LogP contribution is 2.30. The summed E-state index contributed by atoms with van der Waals surface area (Å²) in [6.07, 6.45) is 1.24. The van der Waals surface area contributed by atoms with Crippen LogP contribution in [-0.2, 0) is 4.79 Å². The molecule has 6 nitrogen and oxygen atoms in total. The molecule has 0 aliphatic rings. The summed E-state index contributed by atoms with van der Waals surface area (Å²) in [6, 6.07) is 13.1. The van der Waals surface area contributed by atoms with Gasteiger partial charge in [-0.1, -0.05) is 36.4 Å². The molecule has 0 radical (unpaired) electrons. The van der Waals surface area contributed by atoms with Crippen molar-refractivity contribution in [1.29, 1.82) is 0 Å². The molecule has 0 saturated carbocycles. The molecule has 0 fully saturated rings. The highest BCUT2D eigenvalue weighted by molar-refractivity contribution is 6.07. The van der Waals surface area contributed by atoms with Crippen LogP contribution in [0.2, 0.25) is 0 Å². The third kappa shape index (κ3) is 2.31. The average Bonchev–Trinajstić information content (AvgIpc) is 2.49. The van der Waals surface area contributed by atoms with E-state index in [1.807, 2.05) is 36.4 Å². The zero-order valence-corrected chi connectivity index (χ0v) is 11.8. The number of aromatic amines is 2. The lowest BCUT2D eigenvalue weighted by molar-refractivity contribution is -0.115. The largest absolute Gasteiger partial charge is 0.325 e. The monoisotopic (exact) mass is 295 g/mol. The van der Waals surface area contributed by atoms with Crippen molar-refractivity contribution in [1.82, 2.24) is 9.97 Å². The van der Waals surface area contributed by atoms with Gasteiger partial charge in [0.15, 0.2) is 0 Å². The maximum absolute atomic E-state index is 12.1. The summed E-state index contributed by atoms with van der Waals surface area (Å²) in [4.78, 5) is 41.1. The van der Waals surface area contributed by atoms with Crippen LogP contribution in [0.15, 0.2) is 58.3 Å². The molecule has 0 unspecified atom stereocenters. The van der Waals surface area contributed by atoms with Crippen LogP contribution < -0.4 is 16.1 Å². The van der Waals surface area contributed by atoms with Crippen LogP contribution in [0.25, 0.3) is 10.8 Å². The smallest absolute Gasteiger partial charge is 0.312 e. The molecule has 1 aromatic heterocycles. The number of hydrogen-bond donors (Lipinski definition) is 2. The van der Waals surface area contributed by atoms with E-state index in [0.717, 1.165) is 10.8 Å². The van der Waals surface area contributed by atoms with E-state index in [0.29, 0.717) is 5.69 Å². The molecule has 1 amide bonds. The lowest BCUT2D eigenvalue weighted by Gasteiger charge is -2.21. The van der Waals surface area contributed by atoms with Gasteiger partial charge in [0.25, 0.3) is 5.56 Å². The van der Waals surface area contributed by atoms with Crippen LogP contribution in [0, 0.1) is 0 Å². The zero-order valence-electron chi connectivity index (χ0n) is 11.8. The average molecular weight is 295 g/mol. The fourth-order valence-electron chi connectivity index (χ4n) is 2.44. The second-order valence-electron chi connectivity index (χ2n) is 4.81. The number of carbonyl (C=O) groups is 1. The van der Waals surface area contributed by atoms with Crippen molar-refractivity contribution >= 4 is 28.1 Å². The Kier molecular flexibility index (Phi) is 3.34. The predicted octanol–water partition coefficient (Wildman–Crippen LogP) is 1.90. The first-order valence-electron chi connectivity index (χ1n) is 6.68. The van der Waals surface area contributed by atoms with E-state index >= 15 is 0 Å². The summed E-state index contributed by atoms with van der Waals surface area (Å²) >= 11 is 0. The molecule has 6 heteroatoms. The Morgan fingerprint density at radius 2 is 1.73 bits per heavy atom. The van der Waals surface area contributed by atoms with Crippen LogP contribution >= 0.6 is 0 Å². The fraction of sp³-hybridized carbons (Fsp3) is 0.0625. The number of H-pyrrole nitrogens is 2. The number of aromatic nitrogens is 2. The van der Waals surface area contributed by atoms with Crippen LogP contribution in [-0.4, -0.2) is 15.9 Å². The summed E-state index contributed by atoms with van der Waals surface area (Å²) in [6.45, 7) is 1.37. The SMILES string of the molecule is CC(=O)N(c1c[nH]c(=O)[nH]c1=O)c1cccc2ccccc12. The van der Waals surface area contributed by atoms with E-state index in [4.69, 9.17) is 0 Å². The topological polar surface area (TPSA) is 86.0 Å². The number of nitrogens with zero attached hydrogens (tertiary/aromatic N) is 1. The summed E-state index contributed by atoms with van der Waals surface area (Å²) < 4.78 is 0. The summed E-state index contributed by atoms with van der Waals surface area (Å²) in [7, 11) is 0. The quantitative estimate of drug-likeness (QED) is 0.757. The number of fused-ring (bicyclic) bond motifs is 1. The Morgan fingerprint density at radius 1 is 1.00 bits per heavy atom. The number of hydrogen-bond acceptors (Lipinski definition) is 3. The minimum Gasteiger partial charge on any atom is -0.312 e. The molecule has 110 valence electrons. The van der Waals surface area contributed by atoms with E-state index in [2.05, 4.69) is 9.97 Å². The van der Waals surface area contributed by atoms with Gasteiger partial charge in [0, 0.05) is 18.5 Å². The van der Waals surface area contributed by atoms with Crippen LogP contribution in [0.5, 0.6) is 0 Å². The van der Waals surface area contributed by atoms with Crippen molar-refractivity contribution in [3.63, 3.8) is 0 Å². The Hall–Kier alpha value is -3.15. The standard InChI is InChI=1S/C16H13N3O3/c1-10(20)19(14-9-17-16(22)18-15(14)21)13-8-4-6-11-5-2-3-7-12(11)13/h2-9H,1H3,(H2,17,18,21,22). The van der Waals surface area contributed by atoms with E-state index in [1.54, 1.807) is 6.07 Å². The van der Waals surface area contributed by atoms with E-state index in [9.17, 15) is 14.4 Å². The molecule has 0 bridgehead atoms. The maximum atomic E-state index is 12.1. The molecular formula is C16H13N3O3. The van der Waals surface area contributed by atoms with Gasteiger partial charge in [-0.3, -0.25) is 19.5 Å². The normalized spacial score (nSPS) is 10.6. The third-order valence-electron chi connectivity index (χ3n) is 3.36. The van der Waals surface area contributed by atoms with Crippen molar-refractivity contribution in [2.45, 2.75) is 6.92 Å². The Morgan fingerprint density at radius 3 is 2.45 bits per heavy atom. The van der Waals surface area contributed by atoms with Crippen molar-refractivity contribution in [2.75, 3.05) is 4.90 Å². The lowest BCUT2D eigenvalue weighted by Crippen LogP contribution is -2.32. The van der Waals surface area contributed by atoms with Gasteiger partial charge in [-0.05, 0) is 11.5 Å². The minimum atomic E-state index is -0.619. The molecule has 3 aromatic rings. The Balaban J connectivity index is 2.30. The zero-order chi connectivity index (χ0) is 15.7. The molecular weight excluding hydrogens is 282 g/mol. The van der Waals surface area contributed by atoms with Crippen LogP contribution in [0.3, 0.4) is 0 Å². The van der Waals surface area contributed by atoms with Crippen molar-refractivity contribution in [3.8, 4) is 0 Å². The highest BCUT2D eigenvalue weighted by Gasteiger charge is 2.19. The highest BCUT2D eigenvalue weighted by atomic mass is 16.2. The molecule has 2 N–H and O–H groups in total. The van der Waals surface area contributed by atoms with Crippen molar-refractivity contribution in [3.05, 3.63) is 69.5 Å². The second-order valence-corrected chi connectivity index (χ2v) is 4.81. The molecule has 0 aliphatic heterocycles. The molecule has 0 atom stereocenters. The fourth-order valence-corrected chi connectivity index (χ4v) is 2.44. The Bertz CT molecular complexity index is 967. The molecule has 2 aromatic carbocycles. The van der Waals surface area contributed by atoms with Crippen molar-refractivity contribution in [2.24, 2.45) is 0 Å². The van der Waals surface area contributed by atoms with Crippen molar-refractivity contribution < 1.29 is 4.79 Å². The minimum absolute atomic E-state index is 0.0726. The second kappa shape index (κ2) is 5.33. The lowest BCUT2D eigenvalue weighted by atomic mass is 10.1. The number of benzene rings is 2. The molecule has 22 heavy (non-hydrogen) atoms. The number of carbonyl (C=O) groups excluding carboxylic acids is 1. The van der Waals surface area contributed by atoms with Gasteiger partial charge in [0.2, 0.25) is 5.91 Å². The van der Waals surface area contributed by atoms with Gasteiger partial charge in [0.1, 0.15) is 5.69 Å². The first-order valence-corrected chi connectivity index (χ1v) is 6.68. The van der Waals surface area contributed by atoms with E-state index in [1.165, 1.54) is 18.0 Å². The Labute approximate surface area is 125 Å². The van der Waals surface area contributed by atoms with E-state index in [-0.39, 0.29) is 11.6 Å². The summed E-state index contributed by atoms with van der Waals surface area (Å²) in [5, 5.41) is 1.79. The molecule has 1 heterocycles. The maximum Gasteiger partial charge on any atom is 0.325 e. The third-order valence-corrected chi connectivity index (χ3v) is 3.36. The molecule has 3 rings (SSSR count). The van der Waals surface area contributed by atoms with Gasteiger partial charge < -0.3 is 4.98 Å². The van der Waals surface area contributed by atoms with Crippen LogP contribution in [0.1, 0.15) is 6.92 Å². The van der Waals surface area contributed by atoms with Crippen LogP contribution in [0.4, 0.5) is 11.4 Å². The van der Waals surface area contributed by atoms with Gasteiger partial charge in [-0.25, -0.2) is 4.79 Å². The number of amides is 1.